The first-order valence-corrected chi connectivity index (χ1v) is 12.0. The molecule has 1 saturated carbocycles. The van der Waals surface area contributed by atoms with Crippen LogP contribution in [-0.4, -0.2) is 39.3 Å². The number of fused-ring (bicyclic) bond motifs is 1. The Morgan fingerprint density at radius 1 is 1.06 bits per heavy atom. The Bertz CT molecular complexity index is 1040. The van der Waals surface area contributed by atoms with E-state index >= 15 is 0 Å². The van der Waals surface area contributed by atoms with E-state index in [4.69, 9.17) is 0 Å². The van der Waals surface area contributed by atoms with Gasteiger partial charge in [-0.1, -0.05) is 42.9 Å². The normalized spacial score (nSPS) is 26.7. The third-order valence-corrected chi connectivity index (χ3v) is 7.69. The number of piperidine rings is 1. The minimum atomic E-state index is -4.27. The van der Waals surface area contributed by atoms with Gasteiger partial charge in [0.05, 0.1) is 5.56 Å². The van der Waals surface area contributed by atoms with Gasteiger partial charge in [-0.25, -0.2) is 0 Å². The van der Waals surface area contributed by atoms with Crippen LogP contribution in [0.2, 0.25) is 0 Å². The molecular formula is C26H31F3N4. The lowest BCUT2D eigenvalue weighted by Gasteiger charge is -2.21. The highest BCUT2D eigenvalue weighted by molar-refractivity contribution is 5.39. The number of benzene rings is 1. The fourth-order valence-electron chi connectivity index (χ4n) is 5.68. The molecule has 1 aromatic heterocycles. The van der Waals surface area contributed by atoms with Gasteiger partial charge >= 0.3 is 6.18 Å². The van der Waals surface area contributed by atoms with E-state index in [0.29, 0.717) is 11.8 Å². The predicted octanol–water partition coefficient (Wildman–Crippen LogP) is 5.42. The number of unbranched alkanes of at least 4 members (excludes halogenated alkanes) is 2. The Morgan fingerprint density at radius 3 is 2.61 bits per heavy atom. The Hall–Kier alpha value is -2.41. The molecular weight excluding hydrogens is 425 g/mol. The first kappa shape index (κ1) is 22.4. The van der Waals surface area contributed by atoms with Crippen LogP contribution in [0.3, 0.4) is 0 Å². The van der Waals surface area contributed by atoms with Gasteiger partial charge in [-0.2, -0.15) is 13.2 Å². The van der Waals surface area contributed by atoms with Crippen LogP contribution in [0.25, 0.3) is 0 Å². The van der Waals surface area contributed by atoms with Crippen molar-refractivity contribution in [1.29, 1.82) is 0 Å². The summed E-state index contributed by atoms with van der Waals surface area (Å²) >= 11 is 0. The quantitative estimate of drug-likeness (QED) is 0.498. The summed E-state index contributed by atoms with van der Waals surface area (Å²) in [5.74, 6) is 3.00. The molecule has 1 aromatic carbocycles. The first-order chi connectivity index (χ1) is 15.9. The van der Waals surface area contributed by atoms with Gasteiger partial charge in [0.15, 0.2) is 0 Å². The maximum absolute atomic E-state index is 12.9. The molecule has 0 bridgehead atoms. The van der Waals surface area contributed by atoms with Crippen molar-refractivity contribution >= 4 is 0 Å². The average molecular weight is 457 g/mol. The smallest absolute Gasteiger partial charge is 0.318 e. The van der Waals surface area contributed by atoms with Crippen LogP contribution < -0.4 is 0 Å². The van der Waals surface area contributed by atoms with Crippen LogP contribution in [0.4, 0.5) is 13.2 Å². The lowest BCUT2D eigenvalue weighted by molar-refractivity contribution is -0.137. The molecule has 2 heterocycles. The second-order valence-corrected chi connectivity index (χ2v) is 9.87. The van der Waals surface area contributed by atoms with Crippen LogP contribution in [-0.2, 0) is 25.1 Å². The molecule has 7 heteroatoms. The number of allylic oxidation sites excluding steroid dienone is 4. The fraction of sp³-hybridized carbons (Fsp3) is 0.538. The van der Waals surface area contributed by atoms with Gasteiger partial charge in [0.2, 0.25) is 0 Å². The molecule has 0 N–H and O–H groups in total. The van der Waals surface area contributed by atoms with Crippen LogP contribution in [0.15, 0.2) is 48.6 Å². The summed E-state index contributed by atoms with van der Waals surface area (Å²) in [7, 11) is 2.06. The second-order valence-electron chi connectivity index (χ2n) is 9.87. The summed E-state index contributed by atoms with van der Waals surface area (Å²) in [4.78, 5) is 2.50. The highest BCUT2D eigenvalue weighted by atomic mass is 19.4. The van der Waals surface area contributed by atoms with Gasteiger partial charge in [0, 0.05) is 37.9 Å². The van der Waals surface area contributed by atoms with Gasteiger partial charge in [0.25, 0.3) is 0 Å². The van der Waals surface area contributed by atoms with E-state index in [2.05, 4.69) is 51.0 Å². The summed E-state index contributed by atoms with van der Waals surface area (Å²) in [5, 5.41) is 8.85. The highest BCUT2D eigenvalue weighted by Crippen LogP contribution is 2.59. The lowest BCUT2D eigenvalue weighted by atomic mass is 9.94. The SMILES string of the molecule is Cn1c(CCCCCN2C[C@@H]3C[C@]3(c3ccc(C(F)(F)F)cc3)C2)nnc1C1C=CC=CC1. The Labute approximate surface area is 193 Å². The van der Waals surface area contributed by atoms with Gasteiger partial charge < -0.3 is 9.47 Å². The molecule has 0 spiro atoms. The number of aromatic nitrogens is 3. The molecule has 2 aliphatic carbocycles. The molecule has 176 valence electrons. The van der Waals surface area contributed by atoms with Crippen molar-refractivity contribution in [3.05, 3.63) is 71.3 Å². The number of alkyl halides is 3. The molecule has 5 rings (SSSR count). The van der Waals surface area contributed by atoms with E-state index < -0.39 is 11.7 Å². The van der Waals surface area contributed by atoms with Crippen molar-refractivity contribution in [2.75, 3.05) is 19.6 Å². The number of halogens is 3. The molecule has 1 unspecified atom stereocenters. The van der Waals surface area contributed by atoms with E-state index in [1.54, 1.807) is 12.1 Å². The molecule has 33 heavy (non-hydrogen) atoms. The lowest BCUT2D eigenvalue weighted by Crippen LogP contribution is -2.27. The predicted molar refractivity (Wildman–Crippen MR) is 122 cm³/mol. The fourth-order valence-corrected chi connectivity index (χ4v) is 5.68. The molecule has 2 fully saturated rings. The van der Waals surface area contributed by atoms with E-state index in [-0.39, 0.29) is 5.41 Å². The minimum Gasteiger partial charge on any atom is -0.318 e. The Balaban J connectivity index is 1.06. The zero-order valence-electron chi connectivity index (χ0n) is 19.1. The molecule has 3 atom stereocenters. The summed E-state index contributed by atoms with van der Waals surface area (Å²) in [6.45, 7) is 3.10. The van der Waals surface area contributed by atoms with Crippen molar-refractivity contribution in [2.24, 2.45) is 13.0 Å². The summed E-state index contributed by atoms with van der Waals surface area (Å²) in [6, 6.07) is 5.87. The topological polar surface area (TPSA) is 34.0 Å². The third kappa shape index (κ3) is 4.52. The van der Waals surface area contributed by atoms with E-state index in [1.165, 1.54) is 12.1 Å². The minimum absolute atomic E-state index is 0.0852. The average Bonchev–Trinajstić information content (AvgIpc) is 3.18. The van der Waals surface area contributed by atoms with Crippen LogP contribution in [0, 0.1) is 5.92 Å². The summed E-state index contributed by atoms with van der Waals surface area (Å²) < 4.78 is 40.7. The molecule has 0 amide bonds. The van der Waals surface area contributed by atoms with E-state index in [9.17, 15) is 13.2 Å². The number of aryl methyl sites for hydroxylation is 1. The maximum atomic E-state index is 12.9. The number of rotatable bonds is 8. The molecule has 3 aliphatic rings. The summed E-state index contributed by atoms with van der Waals surface area (Å²) in [5.41, 5.74) is 0.600. The molecule has 2 aromatic rings. The van der Waals surface area contributed by atoms with Gasteiger partial charge in [-0.15, -0.1) is 10.2 Å². The van der Waals surface area contributed by atoms with Crippen LogP contribution in [0.5, 0.6) is 0 Å². The van der Waals surface area contributed by atoms with Crippen molar-refractivity contribution in [3.8, 4) is 0 Å². The molecule has 0 radical (unpaired) electrons. The molecule has 1 saturated heterocycles. The highest BCUT2D eigenvalue weighted by Gasteiger charge is 2.60. The zero-order valence-corrected chi connectivity index (χ0v) is 19.1. The van der Waals surface area contributed by atoms with Crippen molar-refractivity contribution < 1.29 is 13.2 Å². The van der Waals surface area contributed by atoms with Crippen molar-refractivity contribution in [1.82, 2.24) is 19.7 Å². The Kier molecular flexibility index (Phi) is 5.93. The summed E-state index contributed by atoms with van der Waals surface area (Å²) in [6.07, 6.45) is 10.6. The van der Waals surface area contributed by atoms with E-state index in [1.807, 2.05) is 0 Å². The monoisotopic (exact) mass is 456 g/mol. The number of likely N-dealkylation sites (tertiary alicyclic amines) is 1. The molecule has 4 nitrogen and oxygen atoms in total. The van der Waals surface area contributed by atoms with Gasteiger partial charge in [-0.05, 0) is 55.8 Å². The van der Waals surface area contributed by atoms with Crippen LogP contribution in [0.1, 0.15) is 60.8 Å². The maximum Gasteiger partial charge on any atom is 0.416 e. The number of hydrogen-bond donors (Lipinski definition) is 0. The van der Waals surface area contributed by atoms with Gasteiger partial charge in [-0.3, -0.25) is 0 Å². The Morgan fingerprint density at radius 2 is 1.88 bits per heavy atom. The molecule has 1 aliphatic heterocycles. The number of hydrogen-bond acceptors (Lipinski definition) is 3. The van der Waals surface area contributed by atoms with Crippen LogP contribution >= 0.6 is 0 Å². The largest absolute Gasteiger partial charge is 0.416 e. The number of nitrogens with zero attached hydrogens (tertiary/aromatic N) is 4. The second kappa shape index (κ2) is 8.75. The van der Waals surface area contributed by atoms with Crippen molar-refractivity contribution in [2.45, 2.75) is 56.0 Å². The standard InChI is InChI=1S/C26H31F3N4/c1-32-23(30-31-24(32)19-8-4-2-5-9-19)10-6-3-7-15-33-17-22-16-25(22,18-33)20-11-13-21(14-12-20)26(27,28)29/h2,4-5,8,11-14,19,22H,3,6-7,9-10,15-18H2,1H3/t19?,22-,25+/m0/s1. The van der Waals surface area contributed by atoms with Gasteiger partial charge in [0.1, 0.15) is 11.6 Å². The first-order valence-electron chi connectivity index (χ1n) is 12.0. The van der Waals surface area contributed by atoms with Crippen molar-refractivity contribution in [3.63, 3.8) is 0 Å². The zero-order chi connectivity index (χ0) is 23.1. The van der Waals surface area contributed by atoms with E-state index in [0.717, 1.165) is 75.4 Å². The third-order valence-electron chi connectivity index (χ3n) is 7.69.